The summed E-state index contributed by atoms with van der Waals surface area (Å²) in [6.07, 6.45) is 3.34. The summed E-state index contributed by atoms with van der Waals surface area (Å²) in [5.41, 5.74) is 6.50. The average molecular weight is 224 g/mol. The van der Waals surface area contributed by atoms with E-state index in [2.05, 4.69) is 0 Å². The van der Waals surface area contributed by atoms with Gasteiger partial charge in [-0.15, -0.1) is 0 Å². The molecule has 1 amide bonds. The van der Waals surface area contributed by atoms with Gasteiger partial charge in [-0.25, -0.2) is 0 Å². The number of amides is 1. The van der Waals surface area contributed by atoms with Crippen molar-refractivity contribution in [2.75, 3.05) is 13.1 Å². The minimum Gasteiger partial charge on any atom is -0.334 e. The molecule has 1 aromatic heterocycles. The molecule has 2 N–H and O–H groups in total. The zero-order valence-corrected chi connectivity index (χ0v) is 9.50. The van der Waals surface area contributed by atoms with Gasteiger partial charge in [0.05, 0.1) is 5.56 Å². The summed E-state index contributed by atoms with van der Waals surface area (Å²) < 4.78 is 0. The van der Waals surface area contributed by atoms with E-state index in [1.165, 1.54) is 6.42 Å². The Hall–Kier alpha value is -0.870. The number of hydrogen-bond acceptors (Lipinski definition) is 3. The zero-order chi connectivity index (χ0) is 10.7. The highest BCUT2D eigenvalue weighted by Crippen LogP contribution is 2.19. The number of carbonyl (C=O) groups excluding carboxylic acids is 1. The van der Waals surface area contributed by atoms with Crippen LogP contribution in [-0.4, -0.2) is 29.9 Å². The second-order valence-corrected chi connectivity index (χ2v) is 4.68. The predicted octanol–water partition coefficient (Wildman–Crippen LogP) is 1.70. The van der Waals surface area contributed by atoms with Gasteiger partial charge in [-0.05, 0) is 30.7 Å². The van der Waals surface area contributed by atoms with Crippen molar-refractivity contribution in [1.29, 1.82) is 0 Å². The van der Waals surface area contributed by atoms with Crippen LogP contribution in [0.4, 0.5) is 0 Å². The molecular weight excluding hydrogens is 208 g/mol. The summed E-state index contributed by atoms with van der Waals surface area (Å²) in [5.74, 6) is 0.145. The minimum atomic E-state index is 0.145. The van der Waals surface area contributed by atoms with E-state index in [0.29, 0.717) is 6.54 Å². The summed E-state index contributed by atoms with van der Waals surface area (Å²) in [6.45, 7) is 1.44. The van der Waals surface area contributed by atoms with Gasteiger partial charge in [-0.2, -0.15) is 11.3 Å². The molecule has 2 heterocycles. The molecule has 0 bridgehead atoms. The molecule has 0 radical (unpaired) electrons. The Kier molecular flexibility index (Phi) is 3.38. The van der Waals surface area contributed by atoms with Crippen molar-refractivity contribution in [3.63, 3.8) is 0 Å². The van der Waals surface area contributed by atoms with E-state index in [9.17, 15) is 4.79 Å². The first-order chi connectivity index (χ1) is 7.33. The molecule has 1 aliphatic rings. The molecule has 1 atom stereocenters. The van der Waals surface area contributed by atoms with Gasteiger partial charge in [0.15, 0.2) is 0 Å². The molecule has 1 aliphatic heterocycles. The predicted molar refractivity (Wildman–Crippen MR) is 62.0 cm³/mol. The molecule has 3 nitrogen and oxygen atoms in total. The molecule has 0 saturated carbocycles. The second kappa shape index (κ2) is 4.77. The van der Waals surface area contributed by atoms with Gasteiger partial charge in [-0.1, -0.05) is 0 Å². The lowest BCUT2D eigenvalue weighted by Gasteiger charge is -2.34. The molecule has 2 rings (SSSR count). The number of rotatable bonds is 2. The van der Waals surface area contributed by atoms with Gasteiger partial charge in [0.25, 0.3) is 5.91 Å². The lowest BCUT2D eigenvalue weighted by Crippen LogP contribution is -2.47. The Balaban J connectivity index is 2.11. The Morgan fingerprint density at radius 3 is 3.13 bits per heavy atom. The van der Waals surface area contributed by atoms with Crippen LogP contribution in [0.5, 0.6) is 0 Å². The molecule has 15 heavy (non-hydrogen) atoms. The van der Waals surface area contributed by atoms with Crippen molar-refractivity contribution < 1.29 is 4.79 Å². The normalized spacial score (nSPS) is 21.7. The molecule has 0 unspecified atom stereocenters. The topological polar surface area (TPSA) is 46.3 Å². The molecule has 1 saturated heterocycles. The van der Waals surface area contributed by atoms with E-state index in [1.54, 1.807) is 11.3 Å². The van der Waals surface area contributed by atoms with Crippen LogP contribution in [0.3, 0.4) is 0 Å². The maximum Gasteiger partial charge on any atom is 0.254 e. The number of likely N-dealkylation sites (tertiary alicyclic amines) is 1. The van der Waals surface area contributed by atoms with Crippen molar-refractivity contribution in [2.45, 2.75) is 25.3 Å². The standard InChI is InChI=1S/C11H16N2OS/c12-7-10-3-1-2-5-13(10)11(14)9-4-6-15-8-9/h4,6,8,10H,1-3,5,7,12H2/t10-/m0/s1. The van der Waals surface area contributed by atoms with E-state index < -0.39 is 0 Å². The molecule has 4 heteroatoms. The zero-order valence-electron chi connectivity index (χ0n) is 8.69. The SMILES string of the molecule is NC[C@@H]1CCCCN1C(=O)c1ccsc1. The molecule has 82 valence electrons. The summed E-state index contributed by atoms with van der Waals surface area (Å²) in [7, 11) is 0. The molecule has 0 spiro atoms. The number of carbonyl (C=O) groups is 1. The van der Waals surface area contributed by atoms with Gasteiger partial charge in [-0.3, -0.25) is 4.79 Å². The highest BCUT2D eigenvalue weighted by molar-refractivity contribution is 7.08. The van der Waals surface area contributed by atoms with Gasteiger partial charge >= 0.3 is 0 Å². The lowest BCUT2D eigenvalue weighted by molar-refractivity contribution is 0.0624. The average Bonchev–Trinajstić information content (AvgIpc) is 2.81. The van der Waals surface area contributed by atoms with Crippen LogP contribution in [0.2, 0.25) is 0 Å². The Labute approximate surface area is 93.9 Å². The monoisotopic (exact) mass is 224 g/mol. The molecule has 0 aliphatic carbocycles. The molecule has 0 aromatic carbocycles. The van der Waals surface area contributed by atoms with Crippen LogP contribution in [0.25, 0.3) is 0 Å². The molecule has 1 fully saturated rings. The van der Waals surface area contributed by atoms with Gasteiger partial charge in [0.1, 0.15) is 0 Å². The first-order valence-corrected chi connectivity index (χ1v) is 6.30. The maximum absolute atomic E-state index is 12.1. The van der Waals surface area contributed by atoms with E-state index in [4.69, 9.17) is 5.73 Å². The summed E-state index contributed by atoms with van der Waals surface area (Å²) in [6, 6.07) is 2.13. The Morgan fingerprint density at radius 1 is 1.60 bits per heavy atom. The van der Waals surface area contributed by atoms with Crippen molar-refractivity contribution in [1.82, 2.24) is 4.90 Å². The van der Waals surface area contributed by atoms with Crippen LogP contribution in [0.15, 0.2) is 16.8 Å². The third-order valence-electron chi connectivity index (χ3n) is 2.93. The number of nitrogens with zero attached hydrogens (tertiary/aromatic N) is 1. The van der Waals surface area contributed by atoms with E-state index in [1.807, 2.05) is 21.7 Å². The van der Waals surface area contributed by atoms with Crippen LogP contribution >= 0.6 is 11.3 Å². The smallest absolute Gasteiger partial charge is 0.254 e. The Morgan fingerprint density at radius 2 is 2.47 bits per heavy atom. The Bertz CT molecular complexity index is 323. The fourth-order valence-electron chi connectivity index (χ4n) is 2.06. The highest BCUT2D eigenvalue weighted by Gasteiger charge is 2.26. The van der Waals surface area contributed by atoms with Gasteiger partial charge in [0, 0.05) is 24.5 Å². The van der Waals surface area contributed by atoms with E-state index >= 15 is 0 Å². The summed E-state index contributed by atoms with van der Waals surface area (Å²) >= 11 is 1.56. The number of thiophene rings is 1. The summed E-state index contributed by atoms with van der Waals surface area (Å²) in [5, 5.41) is 3.85. The highest BCUT2D eigenvalue weighted by atomic mass is 32.1. The summed E-state index contributed by atoms with van der Waals surface area (Å²) in [4.78, 5) is 14.0. The first kappa shape index (κ1) is 10.6. The second-order valence-electron chi connectivity index (χ2n) is 3.90. The van der Waals surface area contributed by atoms with Crippen LogP contribution in [0.1, 0.15) is 29.6 Å². The maximum atomic E-state index is 12.1. The van der Waals surface area contributed by atoms with E-state index in [0.717, 1.165) is 24.9 Å². The van der Waals surface area contributed by atoms with Crippen LogP contribution in [0, 0.1) is 0 Å². The number of piperidine rings is 1. The van der Waals surface area contributed by atoms with Crippen molar-refractivity contribution in [2.24, 2.45) is 5.73 Å². The quantitative estimate of drug-likeness (QED) is 0.831. The van der Waals surface area contributed by atoms with Crippen molar-refractivity contribution in [3.05, 3.63) is 22.4 Å². The third-order valence-corrected chi connectivity index (χ3v) is 3.61. The third kappa shape index (κ3) is 2.21. The molecule has 1 aromatic rings. The van der Waals surface area contributed by atoms with E-state index in [-0.39, 0.29) is 11.9 Å². The van der Waals surface area contributed by atoms with Crippen LogP contribution in [-0.2, 0) is 0 Å². The number of nitrogens with two attached hydrogens (primary N) is 1. The number of hydrogen-bond donors (Lipinski definition) is 1. The lowest BCUT2D eigenvalue weighted by atomic mass is 10.0. The van der Waals surface area contributed by atoms with Crippen LogP contribution < -0.4 is 5.73 Å². The fourth-order valence-corrected chi connectivity index (χ4v) is 2.69. The largest absolute Gasteiger partial charge is 0.334 e. The van der Waals surface area contributed by atoms with Gasteiger partial charge < -0.3 is 10.6 Å². The first-order valence-electron chi connectivity index (χ1n) is 5.36. The molecular formula is C11H16N2OS. The van der Waals surface area contributed by atoms with Crippen molar-refractivity contribution >= 4 is 17.2 Å². The van der Waals surface area contributed by atoms with Gasteiger partial charge in [0.2, 0.25) is 0 Å². The fraction of sp³-hybridized carbons (Fsp3) is 0.545. The van der Waals surface area contributed by atoms with Crippen molar-refractivity contribution in [3.8, 4) is 0 Å². The minimum absolute atomic E-state index is 0.145.